The smallest absolute Gasteiger partial charge is 0.321 e. The van der Waals surface area contributed by atoms with Crippen molar-refractivity contribution in [1.82, 2.24) is 4.98 Å². The van der Waals surface area contributed by atoms with Crippen LogP contribution in [0.5, 0.6) is 0 Å². The van der Waals surface area contributed by atoms with E-state index in [9.17, 15) is 22.5 Å². The van der Waals surface area contributed by atoms with Crippen LogP contribution in [0.1, 0.15) is 19.4 Å². The number of benzene rings is 1. The minimum absolute atomic E-state index is 0.00637. The number of pyridine rings is 1. The number of rotatable bonds is 5. The van der Waals surface area contributed by atoms with Gasteiger partial charge in [0.2, 0.25) is 0 Å². The van der Waals surface area contributed by atoms with Crippen LogP contribution >= 0.6 is 7.60 Å². The Kier molecular flexibility index (Phi) is 4.98. The number of hydrogen-bond donors (Lipinski definition) is 1. The van der Waals surface area contributed by atoms with Crippen molar-refractivity contribution in [1.29, 1.82) is 0 Å². The number of hydrogen-bond acceptors (Lipinski definition) is 4. The van der Waals surface area contributed by atoms with Gasteiger partial charge in [0.1, 0.15) is 5.30 Å². The lowest BCUT2D eigenvalue weighted by molar-refractivity contribution is -0.137. The second-order valence-corrected chi connectivity index (χ2v) is 6.61. The van der Waals surface area contributed by atoms with Gasteiger partial charge in [-0.15, -0.1) is 0 Å². The molecular formula is C14H15F3NO4P. The van der Waals surface area contributed by atoms with Crippen molar-refractivity contribution in [3.05, 3.63) is 40.2 Å². The van der Waals surface area contributed by atoms with Crippen LogP contribution in [0.25, 0.3) is 10.9 Å². The monoisotopic (exact) mass is 349 g/mol. The molecule has 0 aliphatic rings. The predicted molar refractivity (Wildman–Crippen MR) is 80.1 cm³/mol. The molecule has 0 aliphatic carbocycles. The number of aromatic nitrogens is 1. The lowest BCUT2D eigenvalue weighted by Crippen LogP contribution is -2.29. The molecule has 5 nitrogen and oxygen atoms in total. The molecule has 0 amide bonds. The van der Waals surface area contributed by atoms with E-state index in [0.29, 0.717) is 5.39 Å². The summed E-state index contributed by atoms with van der Waals surface area (Å²) in [4.78, 5) is 14.4. The fourth-order valence-corrected chi connectivity index (χ4v) is 3.72. The molecule has 0 unspecified atom stereocenters. The van der Waals surface area contributed by atoms with Crippen molar-refractivity contribution in [2.75, 3.05) is 13.2 Å². The highest BCUT2D eigenvalue weighted by Gasteiger charge is 2.32. The lowest BCUT2D eigenvalue weighted by Gasteiger charge is -2.17. The number of H-pyrrole nitrogens is 1. The second kappa shape index (κ2) is 6.47. The molecule has 0 radical (unpaired) electrons. The first-order valence-electron chi connectivity index (χ1n) is 6.85. The highest BCUT2D eigenvalue weighted by atomic mass is 31.2. The maximum Gasteiger partial charge on any atom is 0.416 e. The number of nitrogens with one attached hydrogen (secondary N) is 1. The Morgan fingerprint density at radius 3 is 2.26 bits per heavy atom. The highest BCUT2D eigenvalue weighted by molar-refractivity contribution is 7.62. The average Bonchev–Trinajstić information content (AvgIpc) is 2.45. The first-order chi connectivity index (χ1) is 10.7. The molecule has 9 heteroatoms. The lowest BCUT2D eigenvalue weighted by atomic mass is 10.1. The van der Waals surface area contributed by atoms with Crippen molar-refractivity contribution < 1.29 is 26.8 Å². The third-order valence-electron chi connectivity index (χ3n) is 3.05. The molecule has 2 rings (SSSR count). The van der Waals surface area contributed by atoms with Crippen LogP contribution in [-0.2, 0) is 19.8 Å². The molecule has 0 saturated carbocycles. The highest BCUT2D eigenvalue weighted by Crippen LogP contribution is 2.46. The van der Waals surface area contributed by atoms with Gasteiger partial charge in [0.05, 0.1) is 18.8 Å². The fraction of sp³-hybridized carbons (Fsp3) is 0.357. The summed E-state index contributed by atoms with van der Waals surface area (Å²) in [6, 6.07) is 4.14. The maximum absolute atomic E-state index is 12.7. The zero-order chi connectivity index (χ0) is 17.3. The summed E-state index contributed by atoms with van der Waals surface area (Å²) >= 11 is 0. The van der Waals surface area contributed by atoms with E-state index in [1.54, 1.807) is 13.8 Å². The molecule has 1 N–H and O–H groups in total. The Balaban J connectivity index is 2.62. The molecule has 0 spiro atoms. The Morgan fingerprint density at radius 1 is 1.13 bits per heavy atom. The molecule has 1 heterocycles. The zero-order valence-electron chi connectivity index (χ0n) is 12.4. The van der Waals surface area contributed by atoms with E-state index >= 15 is 0 Å². The van der Waals surface area contributed by atoms with Gasteiger partial charge in [-0.25, -0.2) is 0 Å². The van der Waals surface area contributed by atoms with Crippen LogP contribution in [0.3, 0.4) is 0 Å². The summed E-state index contributed by atoms with van der Waals surface area (Å²) in [7, 11) is -3.82. The van der Waals surface area contributed by atoms with Crippen LogP contribution in [0.15, 0.2) is 29.1 Å². The molecule has 0 atom stereocenters. The van der Waals surface area contributed by atoms with Crippen LogP contribution in [0.4, 0.5) is 13.2 Å². The van der Waals surface area contributed by atoms with E-state index in [2.05, 4.69) is 4.98 Å². The molecule has 1 aromatic carbocycles. The van der Waals surface area contributed by atoms with E-state index in [-0.39, 0.29) is 24.0 Å². The molecule has 23 heavy (non-hydrogen) atoms. The van der Waals surface area contributed by atoms with Crippen LogP contribution in [0.2, 0.25) is 0 Å². The van der Waals surface area contributed by atoms with Gasteiger partial charge in [-0.2, -0.15) is 13.2 Å². The van der Waals surface area contributed by atoms with Gasteiger partial charge in [-0.1, -0.05) is 6.07 Å². The first kappa shape index (κ1) is 17.7. The standard InChI is InChI=1S/C14H15F3NO4P/c1-3-21-23(20,22-4-2)12-7-9-5-6-10(14(15,16)17)8-11(9)18-13(12)19/h5-8H,3-4H2,1-2H3,(H,18,19). The summed E-state index contributed by atoms with van der Waals surface area (Å²) in [6.45, 7) is 3.30. The molecular weight excluding hydrogens is 334 g/mol. The van der Waals surface area contributed by atoms with E-state index in [0.717, 1.165) is 12.1 Å². The Bertz CT molecular complexity index is 806. The summed E-state index contributed by atoms with van der Waals surface area (Å²) in [5, 5.41) is 0.0701. The third-order valence-corrected chi connectivity index (χ3v) is 5.17. The molecule has 2 aromatic rings. The van der Waals surface area contributed by atoms with Crippen LogP contribution in [-0.4, -0.2) is 18.2 Å². The molecule has 126 valence electrons. The number of alkyl halides is 3. The van der Waals surface area contributed by atoms with E-state index in [1.807, 2.05) is 0 Å². The number of fused-ring (bicyclic) bond motifs is 1. The maximum atomic E-state index is 12.7. The van der Waals surface area contributed by atoms with Gasteiger partial charge in [0.25, 0.3) is 5.56 Å². The number of aromatic amines is 1. The first-order valence-corrected chi connectivity index (χ1v) is 8.39. The molecule has 0 saturated heterocycles. The van der Waals surface area contributed by atoms with Gasteiger partial charge in [0, 0.05) is 5.52 Å². The largest absolute Gasteiger partial charge is 0.416 e. The quantitative estimate of drug-likeness (QED) is 0.840. The SMILES string of the molecule is CCOP(=O)(OCC)c1cc2ccc(C(F)(F)F)cc2[nH]c1=O. The molecule has 0 bridgehead atoms. The summed E-state index contributed by atoms with van der Waals surface area (Å²) in [5.74, 6) is 0. The second-order valence-electron chi connectivity index (χ2n) is 4.62. The van der Waals surface area contributed by atoms with Gasteiger partial charge >= 0.3 is 13.8 Å². The van der Waals surface area contributed by atoms with Crippen LogP contribution in [0, 0.1) is 0 Å². The van der Waals surface area contributed by atoms with Crippen molar-refractivity contribution in [3.63, 3.8) is 0 Å². The Hall–Kier alpha value is -1.63. The third kappa shape index (κ3) is 3.65. The Labute approximate surface area is 130 Å². The summed E-state index contributed by atoms with van der Waals surface area (Å²) in [5.41, 5.74) is -1.69. The summed E-state index contributed by atoms with van der Waals surface area (Å²) in [6.07, 6.45) is -4.52. The van der Waals surface area contributed by atoms with E-state index in [1.165, 1.54) is 12.1 Å². The number of halogens is 3. The minimum Gasteiger partial charge on any atom is -0.321 e. The van der Waals surface area contributed by atoms with Crippen molar-refractivity contribution in [2.45, 2.75) is 20.0 Å². The van der Waals surface area contributed by atoms with Crippen molar-refractivity contribution in [2.24, 2.45) is 0 Å². The minimum atomic E-state index is -4.52. The van der Waals surface area contributed by atoms with Crippen molar-refractivity contribution in [3.8, 4) is 0 Å². The predicted octanol–water partition coefficient (Wildman–Crippen LogP) is 3.44. The van der Waals surface area contributed by atoms with Gasteiger partial charge < -0.3 is 14.0 Å². The van der Waals surface area contributed by atoms with Gasteiger partial charge in [-0.05, 0) is 37.4 Å². The molecule has 1 aromatic heterocycles. The van der Waals surface area contributed by atoms with Crippen molar-refractivity contribution >= 4 is 23.8 Å². The van der Waals surface area contributed by atoms with E-state index < -0.39 is 24.9 Å². The topological polar surface area (TPSA) is 68.4 Å². The Morgan fingerprint density at radius 2 is 1.74 bits per heavy atom. The van der Waals surface area contributed by atoms with Gasteiger partial charge in [-0.3, -0.25) is 9.36 Å². The van der Waals surface area contributed by atoms with E-state index in [4.69, 9.17) is 9.05 Å². The fourth-order valence-electron chi connectivity index (χ4n) is 2.09. The summed E-state index contributed by atoms with van der Waals surface area (Å²) < 4.78 is 61.0. The molecule has 0 fully saturated rings. The van der Waals surface area contributed by atoms with Crippen LogP contribution < -0.4 is 10.9 Å². The average molecular weight is 349 g/mol. The zero-order valence-corrected chi connectivity index (χ0v) is 13.3. The normalized spacial score (nSPS) is 12.7. The molecule has 0 aliphatic heterocycles. The van der Waals surface area contributed by atoms with Gasteiger partial charge in [0.15, 0.2) is 0 Å².